The summed E-state index contributed by atoms with van der Waals surface area (Å²) in [5, 5.41) is 11.8. The molecule has 1 aliphatic heterocycles. The quantitative estimate of drug-likeness (QED) is 0.190. The Morgan fingerprint density at radius 3 is 2.43 bits per heavy atom. The molecule has 3 heterocycles. The van der Waals surface area contributed by atoms with Gasteiger partial charge in [-0.2, -0.15) is 5.10 Å². The predicted molar refractivity (Wildman–Crippen MR) is 177 cm³/mol. The fourth-order valence-electron chi connectivity index (χ4n) is 5.87. The first-order valence-corrected chi connectivity index (χ1v) is 15.3. The van der Waals surface area contributed by atoms with Crippen molar-refractivity contribution in [2.75, 3.05) is 23.7 Å². The van der Waals surface area contributed by atoms with Gasteiger partial charge in [0.05, 0.1) is 16.9 Å². The van der Waals surface area contributed by atoms with Gasteiger partial charge >= 0.3 is 6.03 Å². The summed E-state index contributed by atoms with van der Waals surface area (Å²) < 4.78 is 1.78. The molecule has 3 N–H and O–H groups in total. The lowest BCUT2D eigenvalue weighted by molar-refractivity contribution is 0.0692. The molecular weight excluding hydrogens is 548 g/mol. The molecule has 2 aromatic heterocycles. The Kier molecular flexibility index (Phi) is 7.99. The van der Waals surface area contributed by atoms with Gasteiger partial charge in [-0.3, -0.25) is 10.1 Å². The molecule has 0 atom stereocenters. The van der Waals surface area contributed by atoms with Gasteiger partial charge in [-0.25, -0.2) is 9.48 Å². The smallest absolute Gasteiger partial charge is 0.324 e. The van der Waals surface area contributed by atoms with Gasteiger partial charge < -0.3 is 15.2 Å². The Bertz CT molecular complexity index is 1790. The van der Waals surface area contributed by atoms with Crippen molar-refractivity contribution < 1.29 is 9.59 Å². The zero-order valence-corrected chi connectivity index (χ0v) is 25.9. The zero-order valence-electron chi connectivity index (χ0n) is 25.9. The second-order valence-electron chi connectivity index (χ2n) is 12.9. The van der Waals surface area contributed by atoms with Gasteiger partial charge in [0.2, 0.25) is 0 Å². The Balaban J connectivity index is 1.07. The summed E-state index contributed by atoms with van der Waals surface area (Å²) in [4.78, 5) is 31.6. The summed E-state index contributed by atoms with van der Waals surface area (Å²) in [5.74, 6) is 1.18. The van der Waals surface area contributed by atoms with Crippen molar-refractivity contribution in [2.24, 2.45) is 5.92 Å². The summed E-state index contributed by atoms with van der Waals surface area (Å²) in [6, 6.07) is 25.7. The number of aryl methyl sites for hydroxylation is 1. The molecule has 6 rings (SSSR count). The minimum atomic E-state index is -0.319. The van der Waals surface area contributed by atoms with Gasteiger partial charge in [-0.1, -0.05) is 68.8 Å². The van der Waals surface area contributed by atoms with Crippen molar-refractivity contribution in [3.63, 3.8) is 0 Å². The van der Waals surface area contributed by atoms with Crippen LogP contribution in [0.3, 0.4) is 0 Å². The SMILES string of the molecule is Cc1ccc(-n2nc(C(C)(C)C)cc2NC(=O)Nc2cccc(CC3CCN(C(=O)c4c[nH]c5ccccc45)CC3)c2)cc1. The Morgan fingerprint density at radius 1 is 0.932 bits per heavy atom. The van der Waals surface area contributed by atoms with Crippen LogP contribution >= 0.6 is 0 Å². The number of nitrogens with zero attached hydrogens (tertiary/aromatic N) is 3. The molecule has 5 aromatic rings. The van der Waals surface area contributed by atoms with E-state index in [4.69, 9.17) is 5.10 Å². The van der Waals surface area contributed by atoms with E-state index in [1.165, 1.54) is 5.56 Å². The number of H-pyrrole nitrogens is 1. The van der Waals surface area contributed by atoms with Crippen molar-refractivity contribution in [3.8, 4) is 5.69 Å². The average molecular weight is 589 g/mol. The summed E-state index contributed by atoms with van der Waals surface area (Å²) in [6.07, 6.45) is 4.63. The van der Waals surface area contributed by atoms with Crippen LogP contribution in [0.4, 0.5) is 16.3 Å². The van der Waals surface area contributed by atoms with E-state index < -0.39 is 0 Å². The second kappa shape index (κ2) is 12.0. The van der Waals surface area contributed by atoms with Crippen molar-refractivity contribution in [1.29, 1.82) is 0 Å². The molecule has 0 spiro atoms. The Labute approximate surface area is 258 Å². The van der Waals surface area contributed by atoms with E-state index >= 15 is 0 Å². The van der Waals surface area contributed by atoms with E-state index in [0.717, 1.165) is 71.5 Å². The number of carbonyl (C=O) groups excluding carboxylic acids is 2. The molecule has 0 unspecified atom stereocenters. The molecule has 44 heavy (non-hydrogen) atoms. The first-order valence-electron chi connectivity index (χ1n) is 15.3. The summed E-state index contributed by atoms with van der Waals surface area (Å²) in [5.41, 5.74) is 6.41. The van der Waals surface area contributed by atoms with Crippen LogP contribution in [-0.2, 0) is 11.8 Å². The van der Waals surface area contributed by atoms with E-state index in [9.17, 15) is 9.59 Å². The average Bonchev–Trinajstić information content (AvgIpc) is 3.63. The number of hydrogen-bond donors (Lipinski definition) is 3. The maximum absolute atomic E-state index is 13.2. The molecule has 3 amide bonds. The number of amides is 3. The zero-order chi connectivity index (χ0) is 30.8. The first kappa shape index (κ1) is 29.2. The van der Waals surface area contributed by atoms with Crippen LogP contribution in [-0.4, -0.2) is 44.7 Å². The van der Waals surface area contributed by atoms with Crippen molar-refractivity contribution in [1.82, 2.24) is 19.7 Å². The van der Waals surface area contributed by atoms with Crippen LogP contribution < -0.4 is 10.6 Å². The monoisotopic (exact) mass is 588 g/mol. The molecule has 0 saturated carbocycles. The molecule has 8 heteroatoms. The van der Waals surface area contributed by atoms with Crippen molar-refractivity contribution in [2.45, 2.75) is 52.4 Å². The number of fused-ring (bicyclic) bond motifs is 1. The number of hydrogen-bond acceptors (Lipinski definition) is 3. The maximum Gasteiger partial charge on any atom is 0.324 e. The van der Waals surface area contributed by atoms with Gasteiger partial charge in [-0.15, -0.1) is 0 Å². The van der Waals surface area contributed by atoms with Crippen LogP contribution in [0.2, 0.25) is 0 Å². The van der Waals surface area contributed by atoms with Crippen molar-refractivity contribution >= 4 is 34.3 Å². The van der Waals surface area contributed by atoms with E-state index in [2.05, 4.69) is 42.5 Å². The number of likely N-dealkylation sites (tertiary alicyclic amines) is 1. The van der Waals surface area contributed by atoms with Gasteiger partial charge in [0.25, 0.3) is 5.91 Å². The van der Waals surface area contributed by atoms with Gasteiger partial charge in [0.1, 0.15) is 5.82 Å². The number of carbonyl (C=O) groups is 2. The molecule has 0 aliphatic carbocycles. The topological polar surface area (TPSA) is 95.1 Å². The lowest BCUT2D eigenvalue weighted by atomic mass is 9.90. The highest BCUT2D eigenvalue weighted by Crippen LogP contribution is 2.28. The molecule has 3 aromatic carbocycles. The number of benzene rings is 3. The Morgan fingerprint density at radius 2 is 1.68 bits per heavy atom. The summed E-state index contributed by atoms with van der Waals surface area (Å²) >= 11 is 0. The van der Waals surface area contributed by atoms with Gasteiger partial charge in [0.15, 0.2) is 0 Å². The predicted octanol–water partition coefficient (Wildman–Crippen LogP) is 7.70. The molecular formula is C36H40N6O2. The standard InChI is InChI=1S/C36H40N6O2/c1-24-12-14-28(15-13-24)42-33(22-32(40-42)36(2,3)4)39-35(44)38-27-9-7-8-26(21-27)20-25-16-18-41(19-17-25)34(43)30-23-37-31-11-6-5-10-29(30)31/h5-15,21-23,25,37H,16-20H2,1-4H3,(H2,38,39,44). The minimum absolute atomic E-state index is 0.0939. The van der Waals surface area contributed by atoms with Crippen LogP contribution in [0, 0.1) is 12.8 Å². The third-order valence-corrected chi connectivity index (χ3v) is 8.43. The number of anilines is 2. The summed E-state index contributed by atoms with van der Waals surface area (Å²) in [7, 11) is 0. The number of urea groups is 1. The lowest BCUT2D eigenvalue weighted by Crippen LogP contribution is -2.38. The lowest BCUT2D eigenvalue weighted by Gasteiger charge is -2.32. The van der Waals surface area contributed by atoms with Crippen LogP contribution in [0.5, 0.6) is 0 Å². The van der Waals surface area contributed by atoms with E-state index in [1.54, 1.807) is 4.68 Å². The number of rotatable bonds is 6. The molecule has 1 aliphatic rings. The van der Waals surface area contributed by atoms with Crippen LogP contribution in [0.1, 0.15) is 60.8 Å². The highest BCUT2D eigenvalue weighted by Gasteiger charge is 2.26. The number of para-hydroxylation sites is 1. The highest BCUT2D eigenvalue weighted by molar-refractivity contribution is 6.06. The molecule has 0 bridgehead atoms. The highest BCUT2D eigenvalue weighted by atomic mass is 16.2. The first-order chi connectivity index (χ1) is 21.1. The van der Waals surface area contributed by atoms with E-state index in [-0.39, 0.29) is 17.4 Å². The largest absolute Gasteiger partial charge is 0.360 e. The fraction of sp³-hybridized carbons (Fsp3) is 0.306. The normalized spacial score (nSPS) is 14.1. The maximum atomic E-state index is 13.2. The second-order valence-corrected chi connectivity index (χ2v) is 12.9. The third-order valence-electron chi connectivity index (χ3n) is 8.43. The summed E-state index contributed by atoms with van der Waals surface area (Å²) in [6.45, 7) is 9.86. The molecule has 0 radical (unpaired) electrons. The number of aromatic nitrogens is 3. The number of aromatic amines is 1. The number of nitrogens with one attached hydrogen (secondary N) is 3. The minimum Gasteiger partial charge on any atom is -0.360 e. The van der Waals surface area contributed by atoms with Gasteiger partial charge in [0, 0.05) is 47.4 Å². The Hall–Kier alpha value is -4.85. The van der Waals surface area contributed by atoms with E-state index in [1.807, 2.05) is 90.8 Å². The molecule has 1 fully saturated rings. The van der Waals surface area contributed by atoms with Crippen LogP contribution in [0.15, 0.2) is 85.1 Å². The molecule has 1 saturated heterocycles. The van der Waals surface area contributed by atoms with Crippen molar-refractivity contribution in [3.05, 3.63) is 107 Å². The van der Waals surface area contributed by atoms with Crippen LogP contribution in [0.25, 0.3) is 16.6 Å². The van der Waals surface area contributed by atoms with E-state index in [0.29, 0.717) is 11.7 Å². The fourth-order valence-corrected chi connectivity index (χ4v) is 5.87. The van der Waals surface area contributed by atoms with Gasteiger partial charge in [-0.05, 0) is 68.0 Å². The molecule has 226 valence electrons. The molecule has 8 nitrogen and oxygen atoms in total. The number of piperidine rings is 1. The third kappa shape index (κ3) is 6.39.